The third kappa shape index (κ3) is 8.68. The van der Waals surface area contributed by atoms with E-state index in [1.54, 1.807) is 12.1 Å². The fraction of sp³-hybridized carbons (Fsp3) is 0.220. The van der Waals surface area contributed by atoms with Crippen molar-refractivity contribution in [3.63, 3.8) is 0 Å². The standard InChI is InChI=1S/C41H38N2O6S/c44-39(32-21-11-4-12-22-32)49-38-37(47-27-31-19-9-3-10-20-31)36(46-26-30-17-7-2-8-18-30)35(28-45-25-29-15-5-1-6-16-29)48-40(38)50-41-42-33-23-13-14-24-34(33)43-41/h1-24,35-38,40H,25-28H2,(H,42,43)/t35-,36-,37+,38-,40+/m1/s1. The Morgan fingerprint density at radius 3 is 1.80 bits per heavy atom. The average molecular weight is 687 g/mol. The zero-order valence-electron chi connectivity index (χ0n) is 27.4. The number of rotatable bonds is 14. The lowest BCUT2D eigenvalue weighted by Crippen LogP contribution is -2.60. The fourth-order valence-electron chi connectivity index (χ4n) is 5.89. The van der Waals surface area contributed by atoms with Crippen molar-refractivity contribution >= 4 is 28.8 Å². The normalized spacial score (nSPS) is 20.4. The summed E-state index contributed by atoms with van der Waals surface area (Å²) in [4.78, 5) is 21.9. The van der Waals surface area contributed by atoms with E-state index in [0.29, 0.717) is 23.9 Å². The first kappa shape index (κ1) is 33.7. The molecule has 0 radical (unpaired) electrons. The molecule has 5 atom stereocenters. The highest BCUT2D eigenvalue weighted by molar-refractivity contribution is 7.99. The van der Waals surface area contributed by atoms with E-state index in [9.17, 15) is 4.79 Å². The van der Waals surface area contributed by atoms with Gasteiger partial charge in [-0.1, -0.05) is 133 Å². The molecule has 1 N–H and O–H groups in total. The molecule has 0 spiro atoms. The van der Waals surface area contributed by atoms with E-state index in [0.717, 1.165) is 27.7 Å². The Kier molecular flexibility index (Phi) is 11.3. The molecule has 2 heterocycles. The predicted molar refractivity (Wildman–Crippen MR) is 192 cm³/mol. The molecule has 1 saturated heterocycles. The number of hydrogen-bond donors (Lipinski definition) is 1. The third-order valence-corrected chi connectivity index (χ3v) is 9.43. The number of nitrogens with zero attached hydrogens (tertiary/aromatic N) is 1. The maximum atomic E-state index is 13.7. The number of nitrogens with one attached hydrogen (secondary N) is 1. The summed E-state index contributed by atoms with van der Waals surface area (Å²) in [7, 11) is 0. The lowest BCUT2D eigenvalue weighted by Gasteiger charge is -2.45. The Labute approximate surface area is 295 Å². The molecule has 5 aromatic carbocycles. The monoisotopic (exact) mass is 686 g/mol. The number of imidazole rings is 1. The highest BCUT2D eigenvalue weighted by Gasteiger charge is 2.50. The minimum Gasteiger partial charge on any atom is -0.452 e. The van der Waals surface area contributed by atoms with Crippen LogP contribution >= 0.6 is 11.8 Å². The summed E-state index contributed by atoms with van der Waals surface area (Å²) in [6, 6.07) is 46.6. The summed E-state index contributed by atoms with van der Waals surface area (Å²) in [6.45, 7) is 1.19. The third-order valence-electron chi connectivity index (χ3n) is 8.40. The van der Waals surface area contributed by atoms with E-state index in [2.05, 4.69) is 4.98 Å². The van der Waals surface area contributed by atoms with Crippen LogP contribution in [0.2, 0.25) is 0 Å². The van der Waals surface area contributed by atoms with Crippen LogP contribution < -0.4 is 0 Å². The minimum absolute atomic E-state index is 0.218. The van der Waals surface area contributed by atoms with Gasteiger partial charge < -0.3 is 28.7 Å². The van der Waals surface area contributed by atoms with Crippen LogP contribution in [0.3, 0.4) is 0 Å². The number of carbonyl (C=O) groups excluding carboxylic acids is 1. The SMILES string of the molecule is O=C(O[C@@H]1[C@@H](OCc2ccccc2)[C@H](OCc2ccccc2)[C@@H](COCc2ccccc2)O[C@H]1Sc1nc2ccccc2[nH]1)c1ccccc1. The summed E-state index contributed by atoms with van der Waals surface area (Å²) in [5, 5.41) is 0.631. The molecule has 1 aliphatic heterocycles. The largest absolute Gasteiger partial charge is 0.452 e. The van der Waals surface area contributed by atoms with Crippen LogP contribution in [-0.4, -0.2) is 52.4 Å². The fourth-order valence-corrected chi connectivity index (χ4v) is 6.97. The number of ether oxygens (including phenoxy) is 5. The second-order valence-electron chi connectivity index (χ2n) is 12.0. The molecule has 1 aromatic heterocycles. The molecule has 9 heteroatoms. The lowest BCUT2D eigenvalue weighted by atomic mass is 9.98. The van der Waals surface area contributed by atoms with Crippen molar-refractivity contribution in [3.05, 3.63) is 168 Å². The topological polar surface area (TPSA) is 91.9 Å². The second-order valence-corrected chi connectivity index (χ2v) is 13.1. The van der Waals surface area contributed by atoms with Crippen LogP contribution in [0.25, 0.3) is 11.0 Å². The molecular formula is C41H38N2O6S. The molecular weight excluding hydrogens is 649 g/mol. The molecule has 0 amide bonds. The van der Waals surface area contributed by atoms with Crippen LogP contribution in [0.5, 0.6) is 0 Å². The smallest absolute Gasteiger partial charge is 0.338 e. The zero-order chi connectivity index (χ0) is 34.0. The summed E-state index contributed by atoms with van der Waals surface area (Å²) >= 11 is 1.35. The number of para-hydroxylation sites is 2. The van der Waals surface area contributed by atoms with Gasteiger partial charge in [0.1, 0.15) is 18.3 Å². The van der Waals surface area contributed by atoms with Gasteiger partial charge in [0.15, 0.2) is 16.7 Å². The number of aromatic nitrogens is 2. The first-order chi connectivity index (χ1) is 24.7. The van der Waals surface area contributed by atoms with Crippen molar-refractivity contribution in [1.82, 2.24) is 9.97 Å². The molecule has 1 fully saturated rings. The first-order valence-electron chi connectivity index (χ1n) is 16.7. The van der Waals surface area contributed by atoms with Crippen molar-refractivity contribution in [2.24, 2.45) is 0 Å². The van der Waals surface area contributed by atoms with Gasteiger partial charge in [0.05, 0.1) is 43.0 Å². The van der Waals surface area contributed by atoms with E-state index in [1.807, 2.05) is 133 Å². The maximum Gasteiger partial charge on any atom is 0.338 e. The van der Waals surface area contributed by atoms with Crippen molar-refractivity contribution < 1.29 is 28.5 Å². The summed E-state index contributed by atoms with van der Waals surface area (Å²) in [5.74, 6) is -0.483. The summed E-state index contributed by atoms with van der Waals surface area (Å²) < 4.78 is 33.0. The Balaban J connectivity index is 1.24. The molecule has 0 saturated carbocycles. The molecule has 7 rings (SSSR count). The lowest BCUT2D eigenvalue weighted by molar-refractivity contribution is -0.242. The minimum atomic E-state index is -0.879. The van der Waals surface area contributed by atoms with Crippen LogP contribution in [0, 0.1) is 0 Å². The highest BCUT2D eigenvalue weighted by atomic mass is 32.2. The van der Waals surface area contributed by atoms with Gasteiger partial charge in [0.25, 0.3) is 0 Å². The van der Waals surface area contributed by atoms with Gasteiger partial charge >= 0.3 is 5.97 Å². The number of aromatic amines is 1. The molecule has 0 bridgehead atoms. The van der Waals surface area contributed by atoms with Gasteiger partial charge in [0, 0.05) is 0 Å². The Morgan fingerprint density at radius 1 is 0.640 bits per heavy atom. The van der Waals surface area contributed by atoms with Crippen molar-refractivity contribution in [2.45, 2.75) is 54.8 Å². The van der Waals surface area contributed by atoms with Gasteiger partial charge in [-0.15, -0.1) is 0 Å². The Bertz CT molecular complexity index is 1890. The Hall–Kier alpha value is -4.77. The van der Waals surface area contributed by atoms with Crippen LogP contribution in [0.4, 0.5) is 0 Å². The zero-order valence-corrected chi connectivity index (χ0v) is 28.2. The Morgan fingerprint density at radius 2 is 1.18 bits per heavy atom. The van der Waals surface area contributed by atoms with Gasteiger partial charge in [-0.2, -0.15) is 0 Å². The van der Waals surface area contributed by atoms with Crippen LogP contribution in [0.15, 0.2) is 151 Å². The number of carbonyl (C=O) groups is 1. The second kappa shape index (κ2) is 16.8. The quantitative estimate of drug-likeness (QED) is 0.115. The number of benzene rings is 5. The molecule has 0 unspecified atom stereocenters. The van der Waals surface area contributed by atoms with Gasteiger partial charge in [0.2, 0.25) is 0 Å². The van der Waals surface area contributed by atoms with Gasteiger partial charge in [-0.3, -0.25) is 0 Å². The molecule has 8 nitrogen and oxygen atoms in total. The number of thioether (sulfide) groups is 1. The molecule has 1 aliphatic rings. The van der Waals surface area contributed by atoms with Crippen molar-refractivity contribution in [1.29, 1.82) is 0 Å². The average Bonchev–Trinajstić information content (AvgIpc) is 3.58. The van der Waals surface area contributed by atoms with Gasteiger partial charge in [-0.25, -0.2) is 9.78 Å². The first-order valence-corrected chi connectivity index (χ1v) is 17.5. The van der Waals surface area contributed by atoms with Gasteiger partial charge in [-0.05, 0) is 41.0 Å². The highest BCUT2D eigenvalue weighted by Crippen LogP contribution is 2.38. The van der Waals surface area contributed by atoms with E-state index < -0.39 is 35.8 Å². The molecule has 0 aliphatic carbocycles. The van der Waals surface area contributed by atoms with E-state index >= 15 is 0 Å². The predicted octanol–water partition coefficient (Wildman–Crippen LogP) is 7.99. The van der Waals surface area contributed by atoms with E-state index in [1.165, 1.54) is 11.8 Å². The summed E-state index contributed by atoms with van der Waals surface area (Å²) in [6.07, 6.45) is -2.84. The number of H-pyrrole nitrogens is 1. The maximum absolute atomic E-state index is 13.7. The number of esters is 1. The van der Waals surface area contributed by atoms with Crippen LogP contribution in [0.1, 0.15) is 27.0 Å². The molecule has 6 aromatic rings. The van der Waals surface area contributed by atoms with E-state index in [-0.39, 0.29) is 13.2 Å². The molecule has 254 valence electrons. The number of hydrogen-bond acceptors (Lipinski definition) is 8. The molecule has 50 heavy (non-hydrogen) atoms. The van der Waals surface area contributed by atoms with E-state index in [4.69, 9.17) is 28.7 Å². The van der Waals surface area contributed by atoms with Crippen molar-refractivity contribution in [2.75, 3.05) is 6.61 Å². The van der Waals surface area contributed by atoms with Crippen molar-refractivity contribution in [3.8, 4) is 0 Å². The van der Waals surface area contributed by atoms with Crippen LogP contribution in [-0.2, 0) is 43.5 Å². The number of fused-ring (bicyclic) bond motifs is 1. The summed E-state index contributed by atoms with van der Waals surface area (Å²) in [5.41, 5.74) is 4.45.